The second-order valence-electron chi connectivity index (χ2n) is 5.99. The van der Waals surface area contributed by atoms with Crippen molar-refractivity contribution >= 4 is 11.9 Å². The molecule has 1 aromatic heterocycles. The summed E-state index contributed by atoms with van der Waals surface area (Å²) in [6.45, 7) is 0.235. The van der Waals surface area contributed by atoms with Gasteiger partial charge in [-0.15, -0.1) is 0 Å². The number of hydrogen-bond acceptors (Lipinski definition) is 2. The van der Waals surface area contributed by atoms with E-state index < -0.39 is 5.97 Å². The van der Waals surface area contributed by atoms with Crippen molar-refractivity contribution in [3.8, 4) is 0 Å². The predicted molar refractivity (Wildman–Crippen MR) is 92.3 cm³/mol. The van der Waals surface area contributed by atoms with Gasteiger partial charge in [-0.25, -0.2) is 4.79 Å². The van der Waals surface area contributed by atoms with Gasteiger partial charge in [-0.1, -0.05) is 36.4 Å². The fourth-order valence-electron chi connectivity index (χ4n) is 3.39. The maximum Gasteiger partial charge on any atom is 0.336 e. The minimum absolute atomic E-state index is 0.0884. The molecule has 5 nitrogen and oxygen atoms in total. The van der Waals surface area contributed by atoms with Crippen molar-refractivity contribution in [1.82, 2.24) is 9.47 Å². The number of nitrogens with zero attached hydrogens (tertiary/aromatic N) is 2. The third kappa shape index (κ3) is 2.50. The molecule has 4 rings (SSSR count). The maximum atomic E-state index is 13.0. The van der Waals surface area contributed by atoms with Crippen LogP contribution in [-0.2, 0) is 6.54 Å². The molecule has 2 heterocycles. The maximum absolute atomic E-state index is 13.0. The Balaban J connectivity index is 1.79. The fraction of sp³-hybridized carbons (Fsp3) is 0.100. The molecule has 0 saturated carbocycles. The average Bonchev–Trinajstić information content (AvgIpc) is 3.23. The summed E-state index contributed by atoms with van der Waals surface area (Å²) in [5.74, 6) is -1.08. The Morgan fingerprint density at radius 2 is 1.64 bits per heavy atom. The summed E-state index contributed by atoms with van der Waals surface area (Å²) in [5.41, 5.74) is 2.43. The van der Waals surface area contributed by atoms with Crippen LogP contribution in [-0.4, -0.2) is 26.5 Å². The standard InChI is InChI=1S/C20H16N2O3/c23-19-17-10-4-3-9-16(17)18(21-11-5-6-12-21)22(19)13-14-7-1-2-8-15(14)20(24)25/h1-12,18H,13H2,(H,24,25). The van der Waals surface area contributed by atoms with Gasteiger partial charge in [-0.3, -0.25) is 4.79 Å². The number of rotatable bonds is 4. The van der Waals surface area contributed by atoms with Crippen LogP contribution in [0.2, 0.25) is 0 Å². The van der Waals surface area contributed by atoms with Gasteiger partial charge in [-0.05, 0) is 29.8 Å². The molecule has 124 valence electrons. The Bertz CT molecular complexity index is 947. The number of hydrogen-bond donors (Lipinski definition) is 1. The molecule has 1 N–H and O–H groups in total. The summed E-state index contributed by atoms with van der Waals surface area (Å²) in [4.78, 5) is 26.2. The number of carboxylic acid groups (broad SMARTS) is 1. The zero-order valence-electron chi connectivity index (χ0n) is 13.4. The highest BCUT2D eigenvalue weighted by atomic mass is 16.4. The van der Waals surface area contributed by atoms with Gasteiger partial charge in [0, 0.05) is 30.1 Å². The Morgan fingerprint density at radius 3 is 2.40 bits per heavy atom. The number of amides is 1. The zero-order chi connectivity index (χ0) is 17.4. The lowest BCUT2D eigenvalue weighted by atomic mass is 10.1. The second-order valence-corrected chi connectivity index (χ2v) is 5.99. The highest BCUT2D eigenvalue weighted by Crippen LogP contribution is 2.36. The molecule has 1 amide bonds. The summed E-state index contributed by atoms with van der Waals surface area (Å²) in [5, 5.41) is 9.42. The lowest BCUT2D eigenvalue weighted by Crippen LogP contribution is -2.31. The Morgan fingerprint density at radius 1 is 0.960 bits per heavy atom. The van der Waals surface area contributed by atoms with Crippen molar-refractivity contribution < 1.29 is 14.7 Å². The van der Waals surface area contributed by atoms with Crippen LogP contribution in [0.25, 0.3) is 0 Å². The van der Waals surface area contributed by atoms with E-state index in [9.17, 15) is 14.7 Å². The first-order valence-corrected chi connectivity index (χ1v) is 8.00. The summed E-state index contributed by atoms with van der Waals surface area (Å²) < 4.78 is 1.97. The van der Waals surface area contributed by atoms with Crippen LogP contribution >= 0.6 is 0 Å². The molecule has 25 heavy (non-hydrogen) atoms. The third-order valence-corrected chi connectivity index (χ3v) is 4.52. The molecule has 0 saturated heterocycles. The van der Waals surface area contributed by atoms with Crippen LogP contribution in [0.3, 0.4) is 0 Å². The number of aromatic carboxylic acids is 1. The van der Waals surface area contributed by atoms with Crippen LogP contribution in [0.1, 0.15) is 38.0 Å². The number of carbonyl (C=O) groups excluding carboxylic acids is 1. The quantitative estimate of drug-likeness (QED) is 0.796. The van der Waals surface area contributed by atoms with E-state index in [1.807, 2.05) is 53.4 Å². The van der Waals surface area contributed by atoms with E-state index in [4.69, 9.17) is 0 Å². The monoisotopic (exact) mass is 332 g/mol. The molecule has 2 aromatic carbocycles. The minimum atomic E-state index is -0.989. The summed E-state index contributed by atoms with van der Waals surface area (Å²) in [6.07, 6.45) is 3.55. The fourth-order valence-corrected chi connectivity index (χ4v) is 3.39. The van der Waals surface area contributed by atoms with Gasteiger partial charge in [0.1, 0.15) is 6.17 Å². The van der Waals surface area contributed by atoms with E-state index >= 15 is 0 Å². The molecular formula is C20H16N2O3. The molecule has 5 heteroatoms. The predicted octanol–water partition coefficient (Wildman–Crippen LogP) is 3.39. The van der Waals surface area contributed by atoms with Crippen molar-refractivity contribution in [3.63, 3.8) is 0 Å². The molecule has 1 unspecified atom stereocenters. The van der Waals surface area contributed by atoms with E-state index in [-0.39, 0.29) is 24.2 Å². The molecule has 1 atom stereocenters. The molecule has 0 bridgehead atoms. The Labute approximate surface area is 144 Å². The highest BCUT2D eigenvalue weighted by Gasteiger charge is 2.37. The second kappa shape index (κ2) is 5.94. The van der Waals surface area contributed by atoms with Gasteiger partial charge in [-0.2, -0.15) is 0 Å². The molecule has 1 aliphatic rings. The summed E-state index contributed by atoms with van der Waals surface area (Å²) in [6, 6.07) is 18.1. The largest absolute Gasteiger partial charge is 0.478 e. The minimum Gasteiger partial charge on any atom is -0.478 e. The van der Waals surface area contributed by atoms with Crippen LogP contribution in [0.15, 0.2) is 73.1 Å². The number of benzene rings is 2. The van der Waals surface area contributed by atoms with E-state index in [0.717, 1.165) is 5.56 Å². The van der Waals surface area contributed by atoms with E-state index in [2.05, 4.69) is 0 Å². The molecule has 0 radical (unpaired) electrons. The highest BCUT2D eigenvalue weighted by molar-refractivity contribution is 5.99. The first-order chi connectivity index (χ1) is 12.2. The number of carbonyl (C=O) groups is 2. The Kier molecular flexibility index (Phi) is 3.61. The smallest absolute Gasteiger partial charge is 0.336 e. The third-order valence-electron chi connectivity index (χ3n) is 4.52. The van der Waals surface area contributed by atoms with Crippen molar-refractivity contribution in [2.75, 3.05) is 0 Å². The summed E-state index contributed by atoms with van der Waals surface area (Å²) >= 11 is 0. The zero-order valence-corrected chi connectivity index (χ0v) is 13.4. The van der Waals surface area contributed by atoms with Crippen molar-refractivity contribution in [1.29, 1.82) is 0 Å². The van der Waals surface area contributed by atoms with Crippen molar-refractivity contribution in [2.24, 2.45) is 0 Å². The van der Waals surface area contributed by atoms with Crippen LogP contribution in [0.4, 0.5) is 0 Å². The number of carboxylic acids is 1. The number of aromatic nitrogens is 1. The SMILES string of the molecule is O=C(O)c1ccccc1CN1C(=O)c2ccccc2C1n1cccc1. The van der Waals surface area contributed by atoms with Crippen LogP contribution in [0.5, 0.6) is 0 Å². The lowest BCUT2D eigenvalue weighted by molar-refractivity contribution is 0.0657. The van der Waals surface area contributed by atoms with Gasteiger partial charge in [0.15, 0.2) is 0 Å². The lowest BCUT2D eigenvalue weighted by Gasteiger charge is -2.27. The van der Waals surface area contributed by atoms with Gasteiger partial charge < -0.3 is 14.6 Å². The molecule has 3 aromatic rings. The van der Waals surface area contributed by atoms with E-state index in [0.29, 0.717) is 11.1 Å². The topological polar surface area (TPSA) is 62.5 Å². The number of fused-ring (bicyclic) bond motifs is 1. The van der Waals surface area contributed by atoms with Gasteiger partial charge in [0.2, 0.25) is 0 Å². The van der Waals surface area contributed by atoms with Gasteiger partial charge in [0.25, 0.3) is 5.91 Å². The van der Waals surface area contributed by atoms with Crippen LogP contribution < -0.4 is 0 Å². The molecule has 0 spiro atoms. The van der Waals surface area contributed by atoms with E-state index in [1.54, 1.807) is 29.2 Å². The summed E-state index contributed by atoms with van der Waals surface area (Å²) in [7, 11) is 0. The van der Waals surface area contributed by atoms with Crippen molar-refractivity contribution in [2.45, 2.75) is 12.7 Å². The first-order valence-electron chi connectivity index (χ1n) is 8.00. The molecular weight excluding hydrogens is 316 g/mol. The molecule has 0 aliphatic carbocycles. The first kappa shape index (κ1) is 15.2. The van der Waals surface area contributed by atoms with Gasteiger partial charge in [0.05, 0.1) is 5.56 Å². The Hall–Kier alpha value is -3.34. The van der Waals surface area contributed by atoms with Gasteiger partial charge >= 0.3 is 5.97 Å². The van der Waals surface area contributed by atoms with Crippen molar-refractivity contribution in [3.05, 3.63) is 95.3 Å². The van der Waals surface area contributed by atoms with E-state index in [1.165, 1.54) is 0 Å². The van der Waals surface area contributed by atoms with Crippen LogP contribution in [0, 0.1) is 0 Å². The normalized spacial score (nSPS) is 16.1. The molecule has 1 aliphatic heterocycles. The average molecular weight is 332 g/mol. The molecule has 0 fully saturated rings.